The number of halogens is 6. The molecule has 0 radical (unpaired) electrons. The molecule has 0 aliphatic heterocycles. The van der Waals surface area contributed by atoms with E-state index in [0.717, 1.165) is 0 Å². The molecule has 126 valence electrons. The Bertz CT molecular complexity index is 350. The molecule has 0 aliphatic carbocycles. The van der Waals surface area contributed by atoms with Gasteiger partial charge in [-0.15, -0.1) is 0 Å². The highest BCUT2D eigenvalue weighted by Crippen LogP contribution is 2.40. The fourth-order valence-corrected chi connectivity index (χ4v) is 3.40. The van der Waals surface area contributed by atoms with Crippen LogP contribution >= 0.6 is 0 Å². The average molecular weight is 337 g/mol. The van der Waals surface area contributed by atoms with Crippen LogP contribution in [0.15, 0.2) is 0 Å². The van der Waals surface area contributed by atoms with E-state index in [4.69, 9.17) is 0 Å². The molecule has 0 aliphatic rings. The highest BCUT2D eigenvalue weighted by atomic mass is 28.3. The maximum absolute atomic E-state index is 12.6. The minimum atomic E-state index is -5.63. The minimum Gasteiger partial charge on any atom is -0.345 e. The van der Waals surface area contributed by atoms with E-state index in [9.17, 15) is 31.1 Å². The van der Waals surface area contributed by atoms with E-state index in [2.05, 4.69) is 0 Å². The number of hydrogen-bond acceptors (Lipinski definition) is 1. The van der Waals surface area contributed by atoms with Gasteiger partial charge < -0.3 is 4.90 Å². The van der Waals surface area contributed by atoms with Gasteiger partial charge in [0, 0.05) is 12.7 Å². The van der Waals surface area contributed by atoms with E-state index in [-0.39, 0.29) is 18.3 Å². The summed E-state index contributed by atoms with van der Waals surface area (Å²) in [6.45, 7) is 8.59. The Morgan fingerprint density at radius 3 is 1.67 bits per heavy atom. The van der Waals surface area contributed by atoms with Crippen molar-refractivity contribution in [3.8, 4) is 0 Å². The molecule has 0 aromatic rings. The van der Waals surface area contributed by atoms with E-state index in [1.165, 1.54) is 6.92 Å². The van der Waals surface area contributed by atoms with E-state index in [0.29, 0.717) is 4.90 Å². The fraction of sp³-hybridized carbons (Fsp3) is 0.917. The largest absolute Gasteiger partial charge is 0.409 e. The Morgan fingerprint density at radius 2 is 1.43 bits per heavy atom. The zero-order valence-corrected chi connectivity index (χ0v) is 13.7. The first-order valence-corrected chi connectivity index (χ1v) is 9.85. The van der Waals surface area contributed by atoms with Crippen LogP contribution < -0.4 is 0 Å². The molecule has 0 saturated heterocycles. The second-order valence-electron chi connectivity index (χ2n) is 6.01. The van der Waals surface area contributed by atoms with Gasteiger partial charge in [-0.3, -0.25) is 4.79 Å². The molecule has 0 heterocycles. The van der Waals surface area contributed by atoms with E-state index in [1.807, 2.05) is 26.9 Å². The number of rotatable bonds is 5. The number of alkyl halides is 6. The van der Waals surface area contributed by atoms with Crippen molar-refractivity contribution in [1.82, 2.24) is 4.90 Å². The lowest BCUT2D eigenvalue weighted by Crippen LogP contribution is -2.54. The van der Waals surface area contributed by atoms with Crippen LogP contribution in [0.4, 0.5) is 26.3 Å². The molecule has 0 aromatic heterocycles. The van der Waals surface area contributed by atoms with Gasteiger partial charge in [0.25, 0.3) is 0 Å². The summed E-state index contributed by atoms with van der Waals surface area (Å²) >= 11 is 0. The average Bonchev–Trinajstić information content (AvgIpc) is 2.21. The van der Waals surface area contributed by atoms with Gasteiger partial charge in [-0.05, 0) is 12.5 Å². The van der Waals surface area contributed by atoms with Crippen LogP contribution in [0.25, 0.3) is 0 Å². The quantitative estimate of drug-likeness (QED) is 0.543. The van der Waals surface area contributed by atoms with Gasteiger partial charge in [-0.25, -0.2) is 0 Å². The van der Waals surface area contributed by atoms with Crippen LogP contribution in [-0.4, -0.2) is 43.9 Å². The summed E-state index contributed by atoms with van der Waals surface area (Å²) in [7, 11) is -2.12. The molecule has 0 atom stereocenters. The maximum atomic E-state index is 12.6. The van der Waals surface area contributed by atoms with Crippen molar-refractivity contribution in [2.24, 2.45) is 5.92 Å². The third-order valence-corrected chi connectivity index (χ3v) is 8.08. The molecule has 1 amide bonds. The van der Waals surface area contributed by atoms with Gasteiger partial charge in [-0.1, -0.05) is 26.9 Å². The summed E-state index contributed by atoms with van der Waals surface area (Å²) in [6, 6.07) is 0. The SMILES string of the molecule is CCN(C[Si](C)(C)C(C)C)C(=O)C(C(F)(F)F)C(F)(F)F. The van der Waals surface area contributed by atoms with Crippen LogP contribution in [0.1, 0.15) is 20.8 Å². The van der Waals surface area contributed by atoms with Crippen LogP contribution in [0.2, 0.25) is 18.6 Å². The highest BCUT2D eigenvalue weighted by molar-refractivity contribution is 6.79. The smallest absolute Gasteiger partial charge is 0.345 e. The first-order chi connectivity index (χ1) is 9.14. The standard InChI is InChI=1S/C12H21F6NOSi/c1-6-19(7-21(4,5)8(2)3)10(20)9(11(13,14)15)12(16,17)18/h8-9H,6-7H2,1-5H3. The zero-order valence-electron chi connectivity index (χ0n) is 12.7. The summed E-state index contributed by atoms with van der Waals surface area (Å²) < 4.78 is 75.6. The van der Waals surface area contributed by atoms with Crippen molar-refractivity contribution in [3.63, 3.8) is 0 Å². The Hall–Kier alpha value is -0.733. The molecule has 0 saturated carbocycles. The summed E-state index contributed by atoms with van der Waals surface area (Å²) in [5, 5.41) is 0. The van der Waals surface area contributed by atoms with Gasteiger partial charge in [0.2, 0.25) is 11.8 Å². The Balaban J connectivity index is 5.41. The van der Waals surface area contributed by atoms with Crippen LogP contribution in [0.5, 0.6) is 0 Å². The predicted molar refractivity (Wildman–Crippen MR) is 70.4 cm³/mol. The number of carbonyl (C=O) groups excluding carboxylic acids is 1. The second kappa shape index (κ2) is 6.58. The molecular weight excluding hydrogens is 316 g/mol. The molecule has 9 heteroatoms. The summed E-state index contributed by atoms with van der Waals surface area (Å²) in [6.07, 6.45) is -11.3. The van der Waals surface area contributed by atoms with Gasteiger partial charge in [0.05, 0.1) is 8.07 Å². The monoisotopic (exact) mass is 337 g/mol. The van der Waals surface area contributed by atoms with Crippen molar-refractivity contribution in [1.29, 1.82) is 0 Å². The van der Waals surface area contributed by atoms with Gasteiger partial charge >= 0.3 is 12.4 Å². The molecule has 2 nitrogen and oxygen atoms in total. The summed E-state index contributed by atoms with van der Waals surface area (Å²) in [5.74, 6) is -5.85. The molecule has 0 N–H and O–H groups in total. The van der Waals surface area contributed by atoms with Gasteiger partial charge in [0.15, 0.2) is 0 Å². The Morgan fingerprint density at radius 1 is 1.05 bits per heavy atom. The molecule has 0 bridgehead atoms. The molecule has 21 heavy (non-hydrogen) atoms. The zero-order chi connectivity index (χ0) is 17.2. The Labute approximate surface area is 121 Å². The van der Waals surface area contributed by atoms with Crippen molar-refractivity contribution in [2.45, 2.75) is 51.8 Å². The second-order valence-corrected chi connectivity index (χ2v) is 11.5. The van der Waals surface area contributed by atoms with Crippen LogP contribution in [0, 0.1) is 5.92 Å². The summed E-state index contributed by atoms with van der Waals surface area (Å²) in [5.41, 5.74) is 0.134. The molecule has 0 rings (SSSR count). The summed E-state index contributed by atoms with van der Waals surface area (Å²) in [4.78, 5) is 12.5. The maximum Gasteiger partial charge on any atom is 0.409 e. The lowest BCUT2D eigenvalue weighted by Gasteiger charge is -2.36. The molecule has 0 aromatic carbocycles. The highest BCUT2D eigenvalue weighted by Gasteiger charge is 2.62. The molecule has 0 unspecified atom stereocenters. The van der Waals surface area contributed by atoms with Gasteiger partial charge in [-0.2, -0.15) is 26.3 Å². The first-order valence-electron chi connectivity index (χ1n) is 6.56. The Kier molecular flexibility index (Phi) is 6.35. The van der Waals surface area contributed by atoms with Crippen molar-refractivity contribution >= 4 is 14.0 Å². The van der Waals surface area contributed by atoms with E-state index in [1.54, 1.807) is 0 Å². The number of carbonyl (C=O) groups is 1. The molecule has 0 spiro atoms. The van der Waals surface area contributed by atoms with Crippen LogP contribution in [0.3, 0.4) is 0 Å². The normalized spacial score (nSPS) is 14.0. The van der Waals surface area contributed by atoms with Crippen molar-refractivity contribution < 1.29 is 31.1 Å². The molecular formula is C12H21F6NOSi. The van der Waals surface area contributed by atoms with E-state index >= 15 is 0 Å². The topological polar surface area (TPSA) is 20.3 Å². The first kappa shape index (κ1) is 20.3. The minimum absolute atomic E-state index is 0.0251. The number of hydrogen-bond donors (Lipinski definition) is 0. The number of amides is 1. The van der Waals surface area contributed by atoms with Crippen molar-refractivity contribution in [2.75, 3.05) is 12.7 Å². The lowest BCUT2D eigenvalue weighted by atomic mass is 10.1. The fourth-order valence-electron chi connectivity index (χ4n) is 1.67. The van der Waals surface area contributed by atoms with E-state index < -0.39 is 32.3 Å². The lowest BCUT2D eigenvalue weighted by molar-refractivity contribution is -0.277. The predicted octanol–water partition coefficient (Wildman–Crippen LogP) is 4.23. The van der Waals surface area contributed by atoms with Gasteiger partial charge in [0.1, 0.15) is 0 Å². The van der Waals surface area contributed by atoms with Crippen LogP contribution in [-0.2, 0) is 4.79 Å². The van der Waals surface area contributed by atoms with Crippen molar-refractivity contribution in [3.05, 3.63) is 0 Å². The molecule has 0 fully saturated rings. The third-order valence-electron chi connectivity index (χ3n) is 3.76. The third kappa shape index (κ3) is 5.52. The number of nitrogens with zero attached hydrogens (tertiary/aromatic N) is 1.